The lowest BCUT2D eigenvalue weighted by atomic mass is 9.92. The van der Waals surface area contributed by atoms with Crippen LogP contribution in [0.3, 0.4) is 0 Å². The third kappa shape index (κ3) is 8.59. The second kappa shape index (κ2) is 9.78. The Balaban J connectivity index is 4.37. The van der Waals surface area contributed by atoms with Gasteiger partial charge in [-0.1, -0.05) is 34.1 Å². The molecule has 19 heavy (non-hydrogen) atoms. The van der Waals surface area contributed by atoms with Gasteiger partial charge in [-0.2, -0.15) is 0 Å². The highest BCUT2D eigenvalue weighted by Crippen LogP contribution is 2.12. The minimum absolute atomic E-state index is 0.0873. The largest absolute Gasteiger partial charge is 0.370 e. The number of guanidine groups is 1. The van der Waals surface area contributed by atoms with Crippen LogP contribution < -0.4 is 16.8 Å². The van der Waals surface area contributed by atoms with Crippen molar-refractivity contribution in [3.63, 3.8) is 0 Å². The maximum atomic E-state index is 12.3. The van der Waals surface area contributed by atoms with Gasteiger partial charge in [0.05, 0.1) is 6.04 Å². The monoisotopic (exact) mass is 270 g/mol. The fourth-order valence-corrected chi connectivity index (χ4v) is 2.13. The zero-order valence-electron chi connectivity index (χ0n) is 12.8. The molecule has 0 aliphatic rings. The summed E-state index contributed by atoms with van der Waals surface area (Å²) in [5.41, 5.74) is 10.6. The highest BCUT2D eigenvalue weighted by atomic mass is 16.1. The van der Waals surface area contributed by atoms with E-state index >= 15 is 0 Å². The minimum atomic E-state index is -0.0873. The molecule has 0 fully saturated rings. The molecule has 5 N–H and O–H groups in total. The number of hydrogen-bond donors (Lipinski definition) is 3. The van der Waals surface area contributed by atoms with E-state index in [0.29, 0.717) is 18.4 Å². The molecular formula is C14H30N4O. The van der Waals surface area contributed by atoms with Gasteiger partial charge in [0.25, 0.3) is 0 Å². The quantitative estimate of drug-likeness (QED) is 0.318. The first-order valence-electron chi connectivity index (χ1n) is 7.23. The number of ketones is 1. The van der Waals surface area contributed by atoms with Gasteiger partial charge in [0, 0.05) is 18.5 Å². The summed E-state index contributed by atoms with van der Waals surface area (Å²) in [6.07, 6.45) is 3.58. The van der Waals surface area contributed by atoms with Crippen molar-refractivity contribution in [3.05, 3.63) is 0 Å². The van der Waals surface area contributed by atoms with Gasteiger partial charge in [-0.15, -0.1) is 0 Å². The van der Waals surface area contributed by atoms with Crippen molar-refractivity contribution in [2.45, 2.75) is 65.5 Å². The molecule has 5 nitrogen and oxygen atoms in total. The van der Waals surface area contributed by atoms with E-state index in [0.717, 1.165) is 25.7 Å². The molecule has 0 rings (SSSR count). The lowest BCUT2D eigenvalue weighted by molar-refractivity contribution is -0.125. The van der Waals surface area contributed by atoms with Crippen LogP contribution in [0, 0.1) is 5.92 Å². The number of carbonyl (C=O) groups is 1. The van der Waals surface area contributed by atoms with Crippen LogP contribution in [-0.2, 0) is 4.79 Å². The molecule has 0 saturated carbocycles. The van der Waals surface area contributed by atoms with E-state index < -0.39 is 0 Å². The van der Waals surface area contributed by atoms with Gasteiger partial charge in [0.1, 0.15) is 0 Å². The molecule has 112 valence electrons. The standard InChI is InChI=1S/C14H30N4O/c1-5-7-11(4)13(19)12(18-10(2)3)8-6-9-17-14(15)16/h10-12,18H,5-9H2,1-4H3,(H4,15,16,17)/t11?,12-/m0/s1. The second-order valence-corrected chi connectivity index (χ2v) is 5.41. The topological polar surface area (TPSA) is 93.5 Å². The van der Waals surface area contributed by atoms with Gasteiger partial charge < -0.3 is 16.8 Å². The Morgan fingerprint density at radius 1 is 1.21 bits per heavy atom. The Morgan fingerprint density at radius 2 is 1.84 bits per heavy atom. The Kier molecular flexibility index (Phi) is 9.21. The predicted molar refractivity (Wildman–Crippen MR) is 81.0 cm³/mol. The fraction of sp³-hybridized carbons (Fsp3) is 0.857. The summed E-state index contributed by atoms with van der Waals surface area (Å²) in [6, 6.07) is 0.210. The third-order valence-corrected chi connectivity index (χ3v) is 3.03. The van der Waals surface area contributed by atoms with Crippen molar-refractivity contribution < 1.29 is 4.79 Å². The predicted octanol–water partition coefficient (Wildman–Crippen LogP) is 1.41. The summed E-state index contributed by atoms with van der Waals surface area (Å²) in [7, 11) is 0. The van der Waals surface area contributed by atoms with Crippen LogP contribution in [-0.4, -0.2) is 30.4 Å². The van der Waals surface area contributed by atoms with Crippen LogP contribution >= 0.6 is 0 Å². The molecule has 5 heteroatoms. The zero-order chi connectivity index (χ0) is 14.8. The Hall–Kier alpha value is -1.10. The zero-order valence-corrected chi connectivity index (χ0v) is 12.8. The smallest absolute Gasteiger partial charge is 0.185 e. The van der Waals surface area contributed by atoms with Crippen molar-refractivity contribution in [2.75, 3.05) is 6.54 Å². The molecule has 0 aromatic rings. The lowest BCUT2D eigenvalue weighted by Gasteiger charge is -2.23. The first kappa shape index (κ1) is 17.9. The molecule has 0 radical (unpaired) electrons. The van der Waals surface area contributed by atoms with Crippen molar-refractivity contribution in [1.29, 1.82) is 0 Å². The number of Topliss-reactive ketones (excluding diaryl/α,β-unsaturated/α-hetero) is 1. The van der Waals surface area contributed by atoms with E-state index in [9.17, 15) is 4.79 Å². The molecule has 0 aliphatic heterocycles. The molecule has 0 aliphatic carbocycles. The average Bonchev–Trinajstić information content (AvgIpc) is 2.31. The molecule has 0 aromatic carbocycles. The molecule has 2 atom stereocenters. The van der Waals surface area contributed by atoms with Crippen LogP contribution in [0.15, 0.2) is 4.99 Å². The average molecular weight is 270 g/mol. The van der Waals surface area contributed by atoms with E-state index in [4.69, 9.17) is 11.5 Å². The first-order chi connectivity index (χ1) is 8.88. The summed E-state index contributed by atoms with van der Waals surface area (Å²) in [5.74, 6) is 0.531. The van der Waals surface area contributed by atoms with E-state index in [1.54, 1.807) is 0 Å². The van der Waals surface area contributed by atoms with Crippen LogP contribution in [0.5, 0.6) is 0 Å². The Bertz CT molecular complexity index is 285. The molecule has 0 saturated heterocycles. The van der Waals surface area contributed by atoms with Crippen molar-refractivity contribution >= 4 is 11.7 Å². The van der Waals surface area contributed by atoms with Gasteiger partial charge in [0.2, 0.25) is 0 Å². The highest BCUT2D eigenvalue weighted by molar-refractivity contribution is 5.86. The number of nitrogens with one attached hydrogen (secondary N) is 1. The molecule has 0 bridgehead atoms. The van der Waals surface area contributed by atoms with E-state index in [1.807, 2.05) is 6.92 Å². The maximum absolute atomic E-state index is 12.3. The second-order valence-electron chi connectivity index (χ2n) is 5.41. The first-order valence-corrected chi connectivity index (χ1v) is 7.23. The molecule has 0 spiro atoms. The molecule has 1 unspecified atom stereocenters. The summed E-state index contributed by atoms with van der Waals surface area (Å²) >= 11 is 0. The van der Waals surface area contributed by atoms with Gasteiger partial charge in [-0.3, -0.25) is 9.79 Å². The summed E-state index contributed by atoms with van der Waals surface area (Å²) in [5, 5.41) is 3.35. The Labute approximate surface area is 117 Å². The number of nitrogens with zero attached hydrogens (tertiary/aromatic N) is 1. The van der Waals surface area contributed by atoms with Crippen molar-refractivity contribution in [1.82, 2.24) is 5.32 Å². The van der Waals surface area contributed by atoms with Crippen LogP contribution in [0.2, 0.25) is 0 Å². The number of carbonyl (C=O) groups excluding carboxylic acids is 1. The van der Waals surface area contributed by atoms with E-state index in [-0.39, 0.29) is 17.9 Å². The number of nitrogens with two attached hydrogens (primary N) is 2. The maximum Gasteiger partial charge on any atom is 0.185 e. The van der Waals surface area contributed by atoms with Gasteiger partial charge >= 0.3 is 0 Å². The van der Waals surface area contributed by atoms with E-state index in [2.05, 4.69) is 31.1 Å². The van der Waals surface area contributed by atoms with Crippen molar-refractivity contribution in [3.8, 4) is 0 Å². The molecule has 0 heterocycles. The third-order valence-electron chi connectivity index (χ3n) is 3.03. The molecular weight excluding hydrogens is 240 g/mol. The fourth-order valence-electron chi connectivity index (χ4n) is 2.13. The van der Waals surface area contributed by atoms with Gasteiger partial charge in [0.15, 0.2) is 11.7 Å². The summed E-state index contributed by atoms with van der Waals surface area (Å²) in [4.78, 5) is 16.3. The Morgan fingerprint density at radius 3 is 2.32 bits per heavy atom. The van der Waals surface area contributed by atoms with Crippen LogP contribution in [0.4, 0.5) is 0 Å². The highest BCUT2D eigenvalue weighted by Gasteiger charge is 2.23. The summed E-state index contributed by atoms with van der Waals surface area (Å²) < 4.78 is 0. The molecule has 0 amide bonds. The number of hydrogen-bond acceptors (Lipinski definition) is 3. The van der Waals surface area contributed by atoms with Gasteiger partial charge in [-0.05, 0) is 19.3 Å². The summed E-state index contributed by atoms with van der Waals surface area (Å²) in [6.45, 7) is 8.81. The van der Waals surface area contributed by atoms with Crippen molar-refractivity contribution in [2.24, 2.45) is 22.4 Å². The van der Waals surface area contributed by atoms with Crippen LogP contribution in [0.25, 0.3) is 0 Å². The number of rotatable bonds is 10. The number of aliphatic imine (C=N–C) groups is 1. The van der Waals surface area contributed by atoms with E-state index in [1.165, 1.54) is 0 Å². The molecule has 0 aromatic heterocycles. The van der Waals surface area contributed by atoms with Gasteiger partial charge in [-0.25, -0.2) is 0 Å². The normalized spacial score (nSPS) is 14.2. The SMILES string of the molecule is CCCC(C)C(=O)[C@H](CCCN=C(N)N)NC(C)C. The van der Waals surface area contributed by atoms with Crippen LogP contribution in [0.1, 0.15) is 53.4 Å². The minimum Gasteiger partial charge on any atom is -0.370 e. The lowest BCUT2D eigenvalue weighted by Crippen LogP contribution is -2.43.